The fourth-order valence-electron chi connectivity index (χ4n) is 3.32. The normalized spacial score (nSPS) is 11.5. The van der Waals surface area contributed by atoms with Crippen molar-refractivity contribution >= 4 is 11.5 Å². The van der Waals surface area contributed by atoms with E-state index < -0.39 is 23.0 Å². The topological polar surface area (TPSA) is 93.3 Å². The van der Waals surface area contributed by atoms with E-state index in [2.05, 4.69) is 4.98 Å². The van der Waals surface area contributed by atoms with Crippen LogP contribution in [0.2, 0.25) is 0 Å². The predicted octanol–water partition coefficient (Wildman–Crippen LogP) is 2.99. The number of hydrogen-bond acceptors (Lipinski definition) is 5. The molecule has 0 aliphatic heterocycles. The number of benzene rings is 2. The van der Waals surface area contributed by atoms with Crippen molar-refractivity contribution in [2.24, 2.45) is 0 Å². The summed E-state index contributed by atoms with van der Waals surface area (Å²) in [5.41, 5.74) is 5.57. The number of nitrogen functional groups attached to an aromatic ring is 1. The molecule has 3 aromatic rings. The number of nitrogens with one attached hydrogen (secondary N) is 1. The van der Waals surface area contributed by atoms with Crippen LogP contribution in [0, 0.1) is 0 Å². The number of alkyl halides is 3. The van der Waals surface area contributed by atoms with Gasteiger partial charge in [0.25, 0.3) is 5.56 Å². The molecule has 0 fully saturated rings. The largest absolute Gasteiger partial charge is 0.416 e. The summed E-state index contributed by atoms with van der Waals surface area (Å²) in [5, 5.41) is 0. The van der Waals surface area contributed by atoms with Crippen molar-refractivity contribution in [1.82, 2.24) is 9.55 Å². The summed E-state index contributed by atoms with van der Waals surface area (Å²) in [5.74, 6) is -0.0429. The average Bonchev–Trinajstić information content (AvgIpc) is 2.74. The minimum absolute atomic E-state index is 0.0429. The Hall–Kier alpha value is -3.53. The summed E-state index contributed by atoms with van der Waals surface area (Å²) in [6, 6.07) is 13.9. The van der Waals surface area contributed by atoms with Crippen molar-refractivity contribution in [3.05, 3.63) is 92.1 Å². The summed E-state index contributed by atoms with van der Waals surface area (Å²) in [6.45, 7) is 0.679. The number of rotatable bonds is 8. The van der Waals surface area contributed by atoms with Gasteiger partial charge in [-0.2, -0.15) is 13.2 Å². The second-order valence-electron chi connectivity index (χ2n) is 7.17. The lowest BCUT2D eigenvalue weighted by Gasteiger charge is -2.26. The van der Waals surface area contributed by atoms with Crippen LogP contribution >= 0.6 is 0 Å². The van der Waals surface area contributed by atoms with Gasteiger partial charge >= 0.3 is 11.9 Å². The summed E-state index contributed by atoms with van der Waals surface area (Å²) in [7, 11) is 1.47. The monoisotopic (exact) mass is 448 g/mol. The van der Waals surface area contributed by atoms with E-state index >= 15 is 0 Å². The van der Waals surface area contributed by atoms with Crippen LogP contribution in [0.5, 0.6) is 0 Å². The first-order valence-corrected chi connectivity index (χ1v) is 9.77. The van der Waals surface area contributed by atoms with Gasteiger partial charge in [0.05, 0.1) is 18.7 Å². The lowest BCUT2D eigenvalue weighted by molar-refractivity contribution is -0.137. The number of hydrogen-bond donors (Lipinski definition) is 2. The Morgan fingerprint density at radius 3 is 2.16 bits per heavy atom. The molecule has 0 radical (unpaired) electrons. The molecule has 0 spiro atoms. The molecule has 0 atom stereocenters. The molecular weight excluding hydrogens is 425 g/mol. The highest BCUT2D eigenvalue weighted by Gasteiger charge is 2.30. The third-order valence-corrected chi connectivity index (χ3v) is 4.92. The van der Waals surface area contributed by atoms with Gasteiger partial charge in [-0.25, -0.2) is 4.79 Å². The van der Waals surface area contributed by atoms with Gasteiger partial charge < -0.3 is 15.4 Å². The van der Waals surface area contributed by atoms with E-state index in [1.165, 1.54) is 23.8 Å². The zero-order valence-corrected chi connectivity index (χ0v) is 17.4. The van der Waals surface area contributed by atoms with Gasteiger partial charge in [-0.15, -0.1) is 0 Å². The van der Waals surface area contributed by atoms with Crippen molar-refractivity contribution in [1.29, 1.82) is 0 Å². The van der Waals surface area contributed by atoms with Crippen molar-refractivity contribution < 1.29 is 17.9 Å². The second kappa shape index (κ2) is 9.73. The number of aromatic amines is 1. The number of aromatic nitrogens is 2. The molecule has 0 bridgehead atoms. The maximum atomic E-state index is 12.9. The van der Waals surface area contributed by atoms with Crippen LogP contribution < -0.4 is 21.9 Å². The van der Waals surface area contributed by atoms with Crippen LogP contribution in [0.4, 0.5) is 24.7 Å². The summed E-state index contributed by atoms with van der Waals surface area (Å²) in [6.07, 6.45) is -4.44. The lowest BCUT2D eigenvalue weighted by Crippen LogP contribution is -2.38. The number of H-pyrrole nitrogens is 1. The van der Waals surface area contributed by atoms with Crippen molar-refractivity contribution in [2.45, 2.75) is 25.8 Å². The molecular formula is C22H23F3N4O3. The van der Waals surface area contributed by atoms with E-state index in [0.29, 0.717) is 5.56 Å². The molecule has 0 aliphatic rings. The number of ether oxygens (including phenoxy) is 1. The Kier molecular flexibility index (Phi) is 7.04. The smallest absolute Gasteiger partial charge is 0.383 e. The van der Waals surface area contributed by atoms with E-state index in [1.54, 1.807) is 4.90 Å². The fourth-order valence-corrected chi connectivity index (χ4v) is 3.32. The number of nitrogens with two attached hydrogens (primary N) is 1. The molecule has 1 aromatic heterocycles. The molecule has 0 amide bonds. The molecule has 1 heterocycles. The zero-order chi connectivity index (χ0) is 23.3. The van der Waals surface area contributed by atoms with Gasteiger partial charge in [0.1, 0.15) is 11.5 Å². The lowest BCUT2D eigenvalue weighted by atomic mass is 10.1. The van der Waals surface area contributed by atoms with Crippen LogP contribution in [0.1, 0.15) is 16.7 Å². The Morgan fingerprint density at radius 2 is 1.59 bits per heavy atom. The highest BCUT2D eigenvalue weighted by Crippen LogP contribution is 2.30. The third kappa shape index (κ3) is 5.38. The first-order chi connectivity index (χ1) is 15.2. The SMILES string of the molecule is COCCn1c(N)c(N(Cc2ccccc2)Cc2ccc(C(F)(F)F)cc2)c(=O)[nH]c1=O. The Labute approximate surface area is 181 Å². The maximum Gasteiger partial charge on any atom is 0.416 e. The van der Waals surface area contributed by atoms with E-state index in [4.69, 9.17) is 10.5 Å². The minimum atomic E-state index is -4.44. The van der Waals surface area contributed by atoms with Crippen LogP contribution in [0.15, 0.2) is 64.2 Å². The average molecular weight is 448 g/mol. The van der Waals surface area contributed by atoms with Crippen LogP contribution in [0.25, 0.3) is 0 Å². The first kappa shape index (κ1) is 23.1. The summed E-state index contributed by atoms with van der Waals surface area (Å²) >= 11 is 0. The van der Waals surface area contributed by atoms with Gasteiger partial charge in [-0.05, 0) is 23.3 Å². The molecule has 7 nitrogen and oxygen atoms in total. The van der Waals surface area contributed by atoms with Gasteiger partial charge in [0.15, 0.2) is 0 Å². The maximum absolute atomic E-state index is 12.9. The van der Waals surface area contributed by atoms with Crippen LogP contribution in [-0.4, -0.2) is 23.3 Å². The molecule has 32 heavy (non-hydrogen) atoms. The Bertz CT molecular complexity index is 1160. The van der Waals surface area contributed by atoms with Gasteiger partial charge in [0, 0.05) is 20.2 Å². The van der Waals surface area contributed by atoms with E-state index in [-0.39, 0.29) is 37.7 Å². The molecule has 3 N–H and O–H groups in total. The summed E-state index contributed by atoms with van der Waals surface area (Å²) in [4.78, 5) is 28.9. The number of halogens is 3. The number of methoxy groups -OCH3 is 1. The second-order valence-corrected chi connectivity index (χ2v) is 7.17. The molecule has 10 heteroatoms. The van der Waals surface area contributed by atoms with Gasteiger partial charge in [0.2, 0.25) is 0 Å². The first-order valence-electron chi connectivity index (χ1n) is 9.77. The van der Waals surface area contributed by atoms with E-state index in [0.717, 1.165) is 17.7 Å². The number of nitrogens with zero attached hydrogens (tertiary/aromatic N) is 2. The van der Waals surface area contributed by atoms with Gasteiger partial charge in [-0.3, -0.25) is 14.3 Å². The molecule has 2 aromatic carbocycles. The minimum Gasteiger partial charge on any atom is -0.383 e. The summed E-state index contributed by atoms with van der Waals surface area (Å²) < 4.78 is 44.9. The molecule has 0 saturated carbocycles. The number of anilines is 2. The van der Waals surface area contributed by atoms with Crippen molar-refractivity contribution in [2.75, 3.05) is 24.4 Å². The molecule has 0 unspecified atom stereocenters. The van der Waals surface area contributed by atoms with Crippen LogP contribution in [0.3, 0.4) is 0 Å². The van der Waals surface area contributed by atoms with Crippen LogP contribution in [-0.2, 0) is 30.5 Å². The van der Waals surface area contributed by atoms with Gasteiger partial charge in [-0.1, -0.05) is 42.5 Å². The van der Waals surface area contributed by atoms with Crippen molar-refractivity contribution in [3.63, 3.8) is 0 Å². The van der Waals surface area contributed by atoms with E-state index in [1.807, 2.05) is 30.3 Å². The third-order valence-electron chi connectivity index (χ3n) is 4.92. The van der Waals surface area contributed by atoms with E-state index in [9.17, 15) is 22.8 Å². The predicted molar refractivity (Wildman–Crippen MR) is 115 cm³/mol. The standard InChI is InChI=1S/C22H23F3N4O3/c1-32-12-11-29-19(26)18(20(30)27-21(29)31)28(13-15-5-3-2-4-6-15)14-16-7-9-17(10-8-16)22(23,24)25/h2-10H,11-14,26H2,1H3,(H,27,30,31). The molecule has 0 saturated heterocycles. The molecule has 3 rings (SSSR count). The quantitative estimate of drug-likeness (QED) is 0.553. The molecule has 0 aliphatic carbocycles. The molecule has 170 valence electrons. The highest BCUT2D eigenvalue weighted by atomic mass is 19.4. The Balaban J connectivity index is 2.04. The Morgan fingerprint density at radius 1 is 1.00 bits per heavy atom. The highest BCUT2D eigenvalue weighted by molar-refractivity contribution is 5.62. The van der Waals surface area contributed by atoms with Crippen molar-refractivity contribution in [3.8, 4) is 0 Å². The fraction of sp³-hybridized carbons (Fsp3) is 0.273. The zero-order valence-electron chi connectivity index (χ0n) is 17.4.